The first-order valence-corrected chi connectivity index (χ1v) is 7.30. The summed E-state index contributed by atoms with van der Waals surface area (Å²) in [6.07, 6.45) is 8.77. The highest BCUT2D eigenvalue weighted by atomic mass is 16.6. The van der Waals surface area contributed by atoms with Crippen molar-refractivity contribution in [2.45, 2.75) is 46.5 Å². The van der Waals surface area contributed by atoms with Crippen LogP contribution in [0.3, 0.4) is 0 Å². The van der Waals surface area contributed by atoms with Gasteiger partial charge in [0.15, 0.2) is 5.41 Å². The number of carbonyl (C=O) groups excluding carboxylic acids is 2. The molecule has 0 atom stereocenters. The molecule has 0 spiro atoms. The Bertz CT molecular complexity index is 389. The fraction of sp³-hybridized carbons (Fsp3) is 0.625. The summed E-state index contributed by atoms with van der Waals surface area (Å²) in [7, 11) is 0. The molecule has 0 bridgehead atoms. The first kappa shape index (κ1) is 16.5. The van der Waals surface area contributed by atoms with Gasteiger partial charge < -0.3 is 9.47 Å². The number of rotatable bonds is 7. The highest BCUT2D eigenvalue weighted by Crippen LogP contribution is 2.40. The minimum absolute atomic E-state index is 0.265. The summed E-state index contributed by atoms with van der Waals surface area (Å²) in [6.45, 7) is 6.11. The van der Waals surface area contributed by atoms with E-state index in [2.05, 4.69) is 13.0 Å². The van der Waals surface area contributed by atoms with Gasteiger partial charge in [-0.1, -0.05) is 37.1 Å². The van der Waals surface area contributed by atoms with Crippen molar-refractivity contribution < 1.29 is 19.1 Å². The maximum atomic E-state index is 12.2. The fourth-order valence-electron chi connectivity index (χ4n) is 2.26. The number of carbonyl (C=O) groups is 2. The van der Waals surface area contributed by atoms with Crippen molar-refractivity contribution in [1.29, 1.82) is 0 Å². The van der Waals surface area contributed by atoms with Crippen molar-refractivity contribution in [3.8, 4) is 0 Å². The number of hydrogen-bond donors (Lipinski definition) is 0. The first-order chi connectivity index (χ1) is 9.60. The Morgan fingerprint density at radius 2 is 1.80 bits per heavy atom. The summed E-state index contributed by atoms with van der Waals surface area (Å²) in [5.41, 5.74) is -0.183. The predicted molar refractivity (Wildman–Crippen MR) is 77.1 cm³/mol. The van der Waals surface area contributed by atoms with Crippen LogP contribution in [-0.2, 0) is 19.1 Å². The van der Waals surface area contributed by atoms with Crippen LogP contribution in [0, 0.1) is 5.41 Å². The lowest BCUT2D eigenvalue weighted by Crippen LogP contribution is -2.40. The lowest BCUT2D eigenvalue weighted by molar-refractivity contribution is -0.171. The van der Waals surface area contributed by atoms with Gasteiger partial charge in [0.25, 0.3) is 0 Å². The summed E-state index contributed by atoms with van der Waals surface area (Å²) in [5, 5.41) is 0. The molecule has 1 aliphatic rings. The van der Waals surface area contributed by atoms with Gasteiger partial charge in [-0.2, -0.15) is 0 Å². The van der Waals surface area contributed by atoms with Gasteiger partial charge in [-0.3, -0.25) is 9.59 Å². The minimum atomic E-state index is -1.18. The Hall–Kier alpha value is -1.58. The summed E-state index contributed by atoms with van der Waals surface area (Å²) in [4.78, 5) is 24.4. The molecule has 0 aromatic heterocycles. The van der Waals surface area contributed by atoms with E-state index in [9.17, 15) is 9.59 Å². The molecular weight excluding hydrogens is 256 g/mol. The van der Waals surface area contributed by atoms with Crippen LogP contribution in [0.5, 0.6) is 0 Å². The number of unbranched alkanes of at least 4 members (excludes halogenated alkanes) is 1. The molecule has 1 rings (SSSR count). The fourth-order valence-corrected chi connectivity index (χ4v) is 2.26. The monoisotopic (exact) mass is 280 g/mol. The van der Waals surface area contributed by atoms with Crippen LogP contribution >= 0.6 is 0 Å². The highest BCUT2D eigenvalue weighted by Gasteiger charge is 2.50. The Labute approximate surface area is 120 Å². The molecule has 0 heterocycles. The molecule has 1 aliphatic carbocycles. The summed E-state index contributed by atoms with van der Waals surface area (Å²) in [5.74, 6) is -0.956. The third kappa shape index (κ3) is 3.71. The molecule has 4 heteroatoms. The van der Waals surface area contributed by atoms with Crippen molar-refractivity contribution in [2.75, 3.05) is 13.2 Å². The van der Waals surface area contributed by atoms with Crippen LogP contribution in [0.25, 0.3) is 0 Å². The maximum Gasteiger partial charge on any atom is 0.324 e. The maximum absolute atomic E-state index is 12.2. The summed E-state index contributed by atoms with van der Waals surface area (Å²) >= 11 is 0. The van der Waals surface area contributed by atoms with Gasteiger partial charge >= 0.3 is 11.9 Å². The molecule has 20 heavy (non-hydrogen) atoms. The van der Waals surface area contributed by atoms with Gasteiger partial charge in [-0.25, -0.2) is 0 Å². The van der Waals surface area contributed by atoms with Crippen LogP contribution in [0.4, 0.5) is 0 Å². The molecule has 0 aromatic carbocycles. The van der Waals surface area contributed by atoms with Gasteiger partial charge in [0.2, 0.25) is 0 Å². The van der Waals surface area contributed by atoms with Gasteiger partial charge in [-0.15, -0.1) is 0 Å². The van der Waals surface area contributed by atoms with Crippen molar-refractivity contribution in [3.63, 3.8) is 0 Å². The van der Waals surface area contributed by atoms with Crippen LogP contribution in [0.2, 0.25) is 0 Å². The van der Waals surface area contributed by atoms with E-state index in [1.807, 2.05) is 12.2 Å². The van der Waals surface area contributed by atoms with Crippen LogP contribution in [-0.4, -0.2) is 25.2 Å². The van der Waals surface area contributed by atoms with E-state index < -0.39 is 17.4 Å². The second kappa shape index (κ2) is 7.88. The Morgan fingerprint density at radius 3 is 2.30 bits per heavy atom. The van der Waals surface area contributed by atoms with Gasteiger partial charge in [0, 0.05) is 0 Å². The molecule has 0 aliphatic heterocycles. The first-order valence-electron chi connectivity index (χ1n) is 7.30. The van der Waals surface area contributed by atoms with E-state index in [1.54, 1.807) is 13.8 Å². The molecule has 0 N–H and O–H groups in total. The lowest BCUT2D eigenvalue weighted by atomic mass is 9.84. The van der Waals surface area contributed by atoms with E-state index in [0.717, 1.165) is 18.4 Å². The predicted octanol–water partition coefficient (Wildman–Crippen LogP) is 3.18. The summed E-state index contributed by atoms with van der Waals surface area (Å²) in [6, 6.07) is 0. The smallest absolute Gasteiger partial charge is 0.324 e. The Balaban J connectivity index is 2.84. The minimum Gasteiger partial charge on any atom is -0.465 e. The van der Waals surface area contributed by atoms with Crippen LogP contribution in [0.15, 0.2) is 23.8 Å². The van der Waals surface area contributed by atoms with E-state index in [0.29, 0.717) is 12.8 Å². The molecule has 0 fully saturated rings. The standard InChI is InChI=1S/C16H24O4/c1-4-7-8-9-13-10-11-16(12-13,14(17)19-5-2)15(18)20-6-3/h8-10H,4-7,11-12H2,1-3H3/b9-8-. The van der Waals surface area contributed by atoms with Crippen molar-refractivity contribution in [2.24, 2.45) is 5.41 Å². The molecule has 0 saturated heterocycles. The van der Waals surface area contributed by atoms with Gasteiger partial charge in [0.05, 0.1) is 13.2 Å². The second-order valence-electron chi connectivity index (χ2n) is 4.87. The molecular formula is C16H24O4. The Morgan fingerprint density at radius 1 is 1.20 bits per heavy atom. The zero-order chi connectivity index (χ0) is 15.0. The molecule has 0 saturated carbocycles. The molecule has 0 unspecified atom stereocenters. The number of hydrogen-bond acceptors (Lipinski definition) is 4. The number of esters is 2. The molecule has 4 nitrogen and oxygen atoms in total. The van der Waals surface area contributed by atoms with E-state index in [-0.39, 0.29) is 13.2 Å². The average Bonchev–Trinajstić information content (AvgIpc) is 2.85. The molecule has 112 valence electrons. The van der Waals surface area contributed by atoms with Crippen molar-refractivity contribution >= 4 is 11.9 Å². The van der Waals surface area contributed by atoms with Crippen molar-refractivity contribution in [1.82, 2.24) is 0 Å². The van der Waals surface area contributed by atoms with Crippen molar-refractivity contribution in [3.05, 3.63) is 23.8 Å². The zero-order valence-electron chi connectivity index (χ0n) is 12.6. The summed E-state index contributed by atoms with van der Waals surface area (Å²) < 4.78 is 10.1. The number of allylic oxidation sites excluding steroid dienone is 4. The Kier molecular flexibility index (Phi) is 6.49. The SMILES string of the molecule is CCC/C=C\C1=CCC(C(=O)OCC)(C(=O)OCC)C1. The van der Waals surface area contributed by atoms with Gasteiger partial charge in [0.1, 0.15) is 0 Å². The second-order valence-corrected chi connectivity index (χ2v) is 4.87. The normalized spacial score (nSPS) is 17.1. The zero-order valence-corrected chi connectivity index (χ0v) is 12.6. The molecule has 0 amide bonds. The van der Waals surface area contributed by atoms with E-state index >= 15 is 0 Å². The van der Waals surface area contributed by atoms with Crippen LogP contribution in [0.1, 0.15) is 46.5 Å². The molecule has 0 radical (unpaired) electrons. The lowest BCUT2D eigenvalue weighted by Gasteiger charge is -2.24. The molecule has 0 aromatic rings. The highest BCUT2D eigenvalue weighted by molar-refractivity contribution is 6.01. The van der Waals surface area contributed by atoms with E-state index in [4.69, 9.17) is 9.47 Å². The van der Waals surface area contributed by atoms with Crippen LogP contribution < -0.4 is 0 Å². The van der Waals surface area contributed by atoms with E-state index in [1.165, 1.54) is 0 Å². The average molecular weight is 280 g/mol. The third-order valence-electron chi connectivity index (χ3n) is 3.34. The largest absolute Gasteiger partial charge is 0.465 e. The number of ether oxygens (including phenoxy) is 2. The van der Waals surface area contributed by atoms with Gasteiger partial charge in [-0.05, 0) is 33.1 Å². The third-order valence-corrected chi connectivity index (χ3v) is 3.34. The quantitative estimate of drug-likeness (QED) is 0.531. The topological polar surface area (TPSA) is 52.6 Å².